The summed E-state index contributed by atoms with van der Waals surface area (Å²) in [6, 6.07) is 7.61. The molecular weight excluding hydrogens is 224 g/mol. The molecule has 3 nitrogen and oxygen atoms in total. The van der Waals surface area contributed by atoms with Crippen LogP contribution < -0.4 is 5.32 Å². The summed E-state index contributed by atoms with van der Waals surface area (Å²) in [4.78, 5) is 13.7. The molecule has 1 rings (SSSR count). The Bertz CT molecular complexity index is 340. The van der Waals surface area contributed by atoms with Crippen LogP contribution in [0.2, 0.25) is 0 Å². The molecule has 0 radical (unpaired) electrons. The van der Waals surface area contributed by atoms with Crippen molar-refractivity contribution < 1.29 is 4.79 Å². The van der Waals surface area contributed by atoms with E-state index in [0.717, 1.165) is 17.7 Å². The highest BCUT2D eigenvalue weighted by atomic mass is 35.5. The molecule has 0 aliphatic carbocycles. The van der Waals surface area contributed by atoms with Crippen molar-refractivity contribution in [2.75, 3.05) is 27.2 Å². The lowest BCUT2D eigenvalue weighted by atomic mass is 10.1. The molecule has 90 valence electrons. The third-order valence-corrected chi connectivity index (χ3v) is 2.12. The number of nitrogens with zero attached hydrogens (tertiary/aromatic N) is 1. The van der Waals surface area contributed by atoms with Gasteiger partial charge in [0, 0.05) is 18.7 Å². The second-order valence-corrected chi connectivity index (χ2v) is 3.93. The third kappa shape index (κ3) is 5.14. The molecule has 1 aromatic rings. The predicted octanol–water partition coefficient (Wildman–Crippen LogP) is 1.71. The van der Waals surface area contributed by atoms with E-state index in [1.54, 1.807) is 0 Å². The Balaban J connectivity index is 0.00000225. The monoisotopic (exact) mass is 242 g/mol. The van der Waals surface area contributed by atoms with Gasteiger partial charge in [0.05, 0.1) is 0 Å². The first-order valence-electron chi connectivity index (χ1n) is 5.09. The average Bonchev–Trinajstić information content (AvgIpc) is 2.17. The summed E-state index contributed by atoms with van der Waals surface area (Å²) in [6.07, 6.45) is 0. The van der Waals surface area contributed by atoms with Gasteiger partial charge in [0.25, 0.3) is 5.91 Å². The number of rotatable bonds is 4. The molecule has 1 N–H and O–H groups in total. The Labute approximate surface area is 103 Å². The van der Waals surface area contributed by atoms with Gasteiger partial charge in [-0.3, -0.25) is 4.79 Å². The van der Waals surface area contributed by atoms with Crippen LogP contribution in [0.25, 0.3) is 0 Å². The van der Waals surface area contributed by atoms with Crippen LogP contribution in [-0.2, 0) is 0 Å². The Morgan fingerprint density at radius 2 is 2.06 bits per heavy atom. The van der Waals surface area contributed by atoms with Gasteiger partial charge in [-0.25, -0.2) is 0 Å². The lowest BCUT2D eigenvalue weighted by Crippen LogP contribution is -2.31. The van der Waals surface area contributed by atoms with Gasteiger partial charge >= 0.3 is 0 Å². The van der Waals surface area contributed by atoms with Crippen molar-refractivity contribution in [3.63, 3.8) is 0 Å². The molecule has 1 amide bonds. The van der Waals surface area contributed by atoms with Gasteiger partial charge in [-0.15, -0.1) is 12.4 Å². The summed E-state index contributed by atoms with van der Waals surface area (Å²) in [5.41, 5.74) is 1.84. The standard InChI is InChI=1S/C12H18N2O.ClH/c1-10-5-4-6-11(9-10)12(15)13-7-8-14(2)3;/h4-6,9H,7-8H2,1-3H3,(H,13,15);1H. The van der Waals surface area contributed by atoms with Crippen LogP contribution in [0.1, 0.15) is 15.9 Å². The normalized spacial score (nSPS) is 9.75. The van der Waals surface area contributed by atoms with Crippen LogP contribution in [0.15, 0.2) is 24.3 Å². The van der Waals surface area contributed by atoms with E-state index in [-0.39, 0.29) is 18.3 Å². The molecule has 0 fully saturated rings. The maximum Gasteiger partial charge on any atom is 0.251 e. The van der Waals surface area contributed by atoms with Crippen molar-refractivity contribution in [1.29, 1.82) is 0 Å². The van der Waals surface area contributed by atoms with Gasteiger partial charge in [0.2, 0.25) is 0 Å². The van der Waals surface area contributed by atoms with Crippen molar-refractivity contribution in [2.24, 2.45) is 0 Å². The van der Waals surface area contributed by atoms with Crippen LogP contribution in [0.5, 0.6) is 0 Å². The molecule has 0 unspecified atom stereocenters. The van der Waals surface area contributed by atoms with E-state index in [4.69, 9.17) is 0 Å². The molecule has 0 atom stereocenters. The lowest BCUT2D eigenvalue weighted by Gasteiger charge is -2.10. The van der Waals surface area contributed by atoms with E-state index in [0.29, 0.717) is 6.54 Å². The van der Waals surface area contributed by atoms with Crippen LogP contribution in [0, 0.1) is 6.92 Å². The zero-order valence-corrected chi connectivity index (χ0v) is 10.8. The van der Waals surface area contributed by atoms with Crippen LogP contribution in [0.3, 0.4) is 0 Å². The minimum absolute atomic E-state index is 0. The molecule has 0 bridgehead atoms. The number of amides is 1. The van der Waals surface area contributed by atoms with E-state index in [1.807, 2.05) is 50.2 Å². The number of likely N-dealkylation sites (N-methyl/N-ethyl adjacent to an activating group) is 1. The van der Waals surface area contributed by atoms with Crippen molar-refractivity contribution in [3.8, 4) is 0 Å². The molecule has 0 aromatic heterocycles. The molecule has 0 heterocycles. The van der Waals surface area contributed by atoms with E-state index in [9.17, 15) is 4.79 Å². The van der Waals surface area contributed by atoms with Crippen molar-refractivity contribution in [1.82, 2.24) is 10.2 Å². The van der Waals surface area contributed by atoms with Gasteiger partial charge in [-0.2, -0.15) is 0 Å². The van der Waals surface area contributed by atoms with Gasteiger partial charge in [0.15, 0.2) is 0 Å². The van der Waals surface area contributed by atoms with Crippen LogP contribution >= 0.6 is 12.4 Å². The van der Waals surface area contributed by atoms with Gasteiger partial charge in [-0.05, 0) is 33.2 Å². The number of benzene rings is 1. The molecule has 1 aromatic carbocycles. The first kappa shape index (κ1) is 14.9. The first-order chi connectivity index (χ1) is 7.09. The Morgan fingerprint density at radius 3 is 2.62 bits per heavy atom. The number of hydrogen-bond donors (Lipinski definition) is 1. The van der Waals surface area contributed by atoms with Gasteiger partial charge in [0.1, 0.15) is 0 Å². The minimum atomic E-state index is 0. The number of hydrogen-bond acceptors (Lipinski definition) is 2. The van der Waals surface area contributed by atoms with Gasteiger partial charge in [-0.1, -0.05) is 17.7 Å². The zero-order chi connectivity index (χ0) is 11.3. The Morgan fingerprint density at radius 1 is 1.38 bits per heavy atom. The number of aryl methyl sites for hydroxylation is 1. The second-order valence-electron chi connectivity index (χ2n) is 3.93. The third-order valence-electron chi connectivity index (χ3n) is 2.12. The van der Waals surface area contributed by atoms with Crippen molar-refractivity contribution >= 4 is 18.3 Å². The van der Waals surface area contributed by atoms with Crippen molar-refractivity contribution in [3.05, 3.63) is 35.4 Å². The molecule has 16 heavy (non-hydrogen) atoms. The topological polar surface area (TPSA) is 32.3 Å². The smallest absolute Gasteiger partial charge is 0.251 e. The highest BCUT2D eigenvalue weighted by Gasteiger charge is 2.03. The summed E-state index contributed by atoms with van der Waals surface area (Å²) in [6.45, 7) is 3.52. The molecule has 0 spiro atoms. The largest absolute Gasteiger partial charge is 0.351 e. The molecule has 4 heteroatoms. The number of carbonyl (C=O) groups excluding carboxylic acids is 1. The van der Waals surface area contributed by atoms with Gasteiger partial charge < -0.3 is 10.2 Å². The fourth-order valence-corrected chi connectivity index (χ4v) is 1.28. The summed E-state index contributed by atoms with van der Waals surface area (Å²) >= 11 is 0. The fraction of sp³-hybridized carbons (Fsp3) is 0.417. The van der Waals surface area contributed by atoms with E-state index < -0.39 is 0 Å². The Kier molecular flexibility index (Phi) is 6.77. The SMILES string of the molecule is Cc1cccc(C(=O)NCCN(C)C)c1.Cl. The summed E-state index contributed by atoms with van der Waals surface area (Å²) in [5.74, 6) is 0.000509. The minimum Gasteiger partial charge on any atom is -0.351 e. The highest BCUT2D eigenvalue weighted by molar-refractivity contribution is 5.94. The molecule has 0 saturated heterocycles. The summed E-state index contributed by atoms with van der Waals surface area (Å²) in [5, 5.41) is 2.88. The molecule has 0 aliphatic heterocycles. The maximum absolute atomic E-state index is 11.6. The lowest BCUT2D eigenvalue weighted by molar-refractivity contribution is 0.0951. The van der Waals surface area contributed by atoms with Crippen LogP contribution in [0.4, 0.5) is 0 Å². The number of carbonyl (C=O) groups is 1. The average molecular weight is 243 g/mol. The van der Waals surface area contributed by atoms with E-state index >= 15 is 0 Å². The van der Waals surface area contributed by atoms with E-state index in [1.165, 1.54) is 0 Å². The zero-order valence-electron chi connectivity index (χ0n) is 9.99. The molecular formula is C12H19ClN2O. The predicted molar refractivity (Wildman–Crippen MR) is 69.3 cm³/mol. The first-order valence-corrected chi connectivity index (χ1v) is 5.09. The van der Waals surface area contributed by atoms with E-state index in [2.05, 4.69) is 5.32 Å². The Hall–Kier alpha value is -1.06. The van der Waals surface area contributed by atoms with Crippen molar-refractivity contribution in [2.45, 2.75) is 6.92 Å². The molecule has 0 saturated carbocycles. The number of halogens is 1. The number of nitrogens with one attached hydrogen (secondary N) is 1. The quantitative estimate of drug-likeness (QED) is 0.872. The second kappa shape index (κ2) is 7.25. The highest BCUT2D eigenvalue weighted by Crippen LogP contribution is 2.03. The fourth-order valence-electron chi connectivity index (χ4n) is 1.28. The maximum atomic E-state index is 11.6. The molecule has 0 aliphatic rings. The summed E-state index contributed by atoms with van der Waals surface area (Å²) < 4.78 is 0. The summed E-state index contributed by atoms with van der Waals surface area (Å²) in [7, 11) is 3.97. The van der Waals surface area contributed by atoms with Crippen LogP contribution in [-0.4, -0.2) is 38.0 Å².